The van der Waals surface area contributed by atoms with Gasteiger partial charge in [-0.05, 0) is 45.2 Å². The molecule has 1 aliphatic heterocycles. The van der Waals surface area contributed by atoms with Gasteiger partial charge in [0.05, 0.1) is 19.3 Å². The molecule has 2 rings (SSSR count). The molecule has 1 N–H and O–H groups in total. The fourth-order valence-corrected chi connectivity index (χ4v) is 3.62. The molecule has 2 aliphatic rings. The Balaban J connectivity index is 1.89. The van der Waals surface area contributed by atoms with Crippen LogP contribution in [0.5, 0.6) is 0 Å². The first-order chi connectivity index (χ1) is 9.22. The maximum absolute atomic E-state index is 9.56. The van der Waals surface area contributed by atoms with Crippen LogP contribution < -0.4 is 5.32 Å². The van der Waals surface area contributed by atoms with Crippen LogP contribution in [0, 0.1) is 17.2 Å². The van der Waals surface area contributed by atoms with Gasteiger partial charge in [-0.2, -0.15) is 5.26 Å². The average molecular weight is 265 g/mol. The molecule has 1 aliphatic carbocycles. The van der Waals surface area contributed by atoms with Gasteiger partial charge >= 0.3 is 0 Å². The van der Waals surface area contributed by atoms with E-state index in [-0.39, 0.29) is 5.54 Å². The van der Waals surface area contributed by atoms with Gasteiger partial charge in [0, 0.05) is 12.6 Å². The lowest BCUT2D eigenvalue weighted by Crippen LogP contribution is -2.49. The van der Waals surface area contributed by atoms with Crippen molar-refractivity contribution in [2.75, 3.05) is 32.8 Å². The zero-order chi connectivity index (χ0) is 13.7. The van der Waals surface area contributed by atoms with E-state index in [1.807, 2.05) is 0 Å². The Morgan fingerprint density at radius 2 is 2.37 bits per heavy atom. The molecule has 0 radical (unpaired) electrons. The Morgan fingerprint density at radius 1 is 1.53 bits per heavy atom. The third-order valence-electron chi connectivity index (χ3n) is 4.78. The molecule has 0 aromatic carbocycles. The zero-order valence-corrected chi connectivity index (χ0v) is 12.3. The van der Waals surface area contributed by atoms with Crippen LogP contribution in [0.1, 0.15) is 39.5 Å². The summed E-state index contributed by atoms with van der Waals surface area (Å²) >= 11 is 0. The second-order valence-electron chi connectivity index (χ2n) is 5.95. The maximum Gasteiger partial charge on any atom is 0.109 e. The Hall–Kier alpha value is -0.630. The number of nitrogens with zero attached hydrogens (tertiary/aromatic N) is 2. The number of nitriles is 1. The molecule has 1 saturated carbocycles. The van der Waals surface area contributed by atoms with Crippen molar-refractivity contribution in [1.29, 1.82) is 5.26 Å². The molecule has 4 heteroatoms. The van der Waals surface area contributed by atoms with Crippen molar-refractivity contribution >= 4 is 0 Å². The molecule has 4 nitrogen and oxygen atoms in total. The largest absolute Gasteiger partial charge is 0.379 e. The normalized spacial score (nSPS) is 36.3. The number of rotatable bonds is 5. The zero-order valence-electron chi connectivity index (χ0n) is 12.3. The second-order valence-corrected chi connectivity index (χ2v) is 5.95. The molecular formula is C15H27N3O. The highest BCUT2D eigenvalue weighted by atomic mass is 16.5. The van der Waals surface area contributed by atoms with Crippen molar-refractivity contribution in [2.45, 2.75) is 51.1 Å². The quantitative estimate of drug-likeness (QED) is 0.823. The van der Waals surface area contributed by atoms with E-state index in [1.54, 1.807) is 0 Å². The summed E-state index contributed by atoms with van der Waals surface area (Å²) in [6, 6.07) is 3.09. The SMILES string of the molecule is CCNC1(C#N)CCCC1CCN1CCOCC1C. The number of nitrogens with one attached hydrogen (secondary N) is 1. The summed E-state index contributed by atoms with van der Waals surface area (Å²) in [6.07, 6.45) is 4.52. The van der Waals surface area contributed by atoms with Crippen LogP contribution in [0.3, 0.4) is 0 Å². The first kappa shape index (κ1) is 14.8. The van der Waals surface area contributed by atoms with E-state index in [9.17, 15) is 5.26 Å². The van der Waals surface area contributed by atoms with Crippen molar-refractivity contribution < 1.29 is 4.74 Å². The molecule has 0 bridgehead atoms. The number of morpholine rings is 1. The summed E-state index contributed by atoms with van der Waals surface area (Å²) in [5.74, 6) is 0.507. The molecule has 3 atom stereocenters. The molecular weight excluding hydrogens is 238 g/mol. The van der Waals surface area contributed by atoms with E-state index < -0.39 is 0 Å². The first-order valence-corrected chi connectivity index (χ1v) is 7.70. The van der Waals surface area contributed by atoms with Gasteiger partial charge < -0.3 is 4.74 Å². The van der Waals surface area contributed by atoms with E-state index in [0.29, 0.717) is 12.0 Å². The lowest BCUT2D eigenvalue weighted by Gasteiger charge is -2.36. The summed E-state index contributed by atoms with van der Waals surface area (Å²) in [5.41, 5.74) is -0.260. The van der Waals surface area contributed by atoms with Gasteiger partial charge in [0.15, 0.2) is 0 Å². The third-order valence-corrected chi connectivity index (χ3v) is 4.78. The minimum absolute atomic E-state index is 0.260. The molecule has 108 valence electrons. The van der Waals surface area contributed by atoms with E-state index in [2.05, 4.69) is 30.1 Å². The van der Waals surface area contributed by atoms with Gasteiger partial charge in [-0.3, -0.25) is 10.2 Å². The second kappa shape index (κ2) is 6.69. The van der Waals surface area contributed by atoms with Gasteiger partial charge in [0.25, 0.3) is 0 Å². The summed E-state index contributed by atoms with van der Waals surface area (Å²) < 4.78 is 5.48. The van der Waals surface area contributed by atoms with Gasteiger partial charge in [0.1, 0.15) is 5.54 Å². The van der Waals surface area contributed by atoms with E-state index >= 15 is 0 Å². The summed E-state index contributed by atoms with van der Waals surface area (Å²) in [4.78, 5) is 2.51. The summed E-state index contributed by atoms with van der Waals surface area (Å²) in [5, 5.41) is 13.0. The van der Waals surface area contributed by atoms with Crippen molar-refractivity contribution in [3.05, 3.63) is 0 Å². The maximum atomic E-state index is 9.56. The monoisotopic (exact) mass is 265 g/mol. The number of ether oxygens (including phenoxy) is 1. The minimum atomic E-state index is -0.260. The van der Waals surface area contributed by atoms with Crippen LogP contribution in [0.4, 0.5) is 0 Å². The molecule has 0 aromatic rings. The molecule has 19 heavy (non-hydrogen) atoms. The van der Waals surface area contributed by atoms with Crippen molar-refractivity contribution in [3.8, 4) is 6.07 Å². The first-order valence-electron chi connectivity index (χ1n) is 7.70. The Morgan fingerprint density at radius 3 is 3.05 bits per heavy atom. The van der Waals surface area contributed by atoms with E-state index in [4.69, 9.17) is 4.74 Å². The highest BCUT2D eigenvalue weighted by Crippen LogP contribution is 2.37. The fourth-order valence-electron chi connectivity index (χ4n) is 3.62. The van der Waals surface area contributed by atoms with Crippen molar-refractivity contribution in [1.82, 2.24) is 10.2 Å². The fraction of sp³-hybridized carbons (Fsp3) is 0.933. The van der Waals surface area contributed by atoms with Crippen LogP contribution in [-0.2, 0) is 4.74 Å². The number of hydrogen-bond donors (Lipinski definition) is 1. The van der Waals surface area contributed by atoms with Gasteiger partial charge in [-0.1, -0.05) is 13.3 Å². The van der Waals surface area contributed by atoms with Crippen LogP contribution in [0.25, 0.3) is 0 Å². The minimum Gasteiger partial charge on any atom is -0.379 e. The lowest BCUT2D eigenvalue weighted by molar-refractivity contribution is -0.00339. The highest BCUT2D eigenvalue weighted by Gasteiger charge is 2.42. The van der Waals surface area contributed by atoms with Crippen molar-refractivity contribution in [2.24, 2.45) is 5.92 Å². The molecule has 1 heterocycles. The van der Waals surface area contributed by atoms with E-state index in [0.717, 1.165) is 45.7 Å². The van der Waals surface area contributed by atoms with Crippen LogP contribution in [-0.4, -0.2) is 49.3 Å². The van der Waals surface area contributed by atoms with E-state index in [1.165, 1.54) is 12.8 Å². The molecule has 0 spiro atoms. The number of hydrogen-bond acceptors (Lipinski definition) is 4. The molecule has 3 unspecified atom stereocenters. The predicted molar refractivity (Wildman–Crippen MR) is 75.8 cm³/mol. The lowest BCUT2D eigenvalue weighted by atomic mass is 9.85. The van der Waals surface area contributed by atoms with Gasteiger partial charge in [-0.15, -0.1) is 0 Å². The standard InChI is InChI=1S/C15H27N3O/c1-3-17-15(12-16)7-4-5-14(15)6-8-18-9-10-19-11-13(18)2/h13-14,17H,3-11H2,1-2H3. The van der Waals surface area contributed by atoms with Crippen LogP contribution in [0.2, 0.25) is 0 Å². The predicted octanol–water partition coefficient (Wildman–Crippen LogP) is 1.77. The smallest absolute Gasteiger partial charge is 0.109 e. The molecule has 0 aromatic heterocycles. The van der Waals surface area contributed by atoms with Crippen LogP contribution in [0.15, 0.2) is 0 Å². The Bertz CT molecular complexity index is 328. The average Bonchev–Trinajstić information content (AvgIpc) is 2.82. The van der Waals surface area contributed by atoms with Gasteiger partial charge in [0.2, 0.25) is 0 Å². The molecule has 0 amide bonds. The van der Waals surface area contributed by atoms with Crippen LogP contribution >= 0.6 is 0 Å². The summed E-state index contributed by atoms with van der Waals surface area (Å²) in [7, 11) is 0. The Kier molecular flexibility index (Phi) is 5.20. The third kappa shape index (κ3) is 3.28. The Labute approximate surface area is 117 Å². The highest BCUT2D eigenvalue weighted by molar-refractivity contribution is 5.14. The van der Waals surface area contributed by atoms with Gasteiger partial charge in [-0.25, -0.2) is 0 Å². The topological polar surface area (TPSA) is 48.3 Å². The molecule has 2 fully saturated rings. The molecule has 1 saturated heterocycles. The summed E-state index contributed by atoms with van der Waals surface area (Å²) in [6.45, 7) is 9.05. The van der Waals surface area contributed by atoms with Crippen molar-refractivity contribution in [3.63, 3.8) is 0 Å².